The maximum atomic E-state index is 6.06. The number of pyridine rings is 1. The number of ether oxygens (including phenoxy) is 2. The van der Waals surface area contributed by atoms with Crippen LogP contribution in [0.5, 0.6) is 0 Å². The second kappa shape index (κ2) is 11.0. The lowest BCUT2D eigenvalue weighted by atomic mass is 9.96. The van der Waals surface area contributed by atoms with Gasteiger partial charge in [-0.3, -0.25) is 4.98 Å². The van der Waals surface area contributed by atoms with Gasteiger partial charge < -0.3 is 9.47 Å². The Morgan fingerprint density at radius 3 is 2.68 bits per heavy atom. The molecule has 1 atom stereocenters. The van der Waals surface area contributed by atoms with Crippen molar-refractivity contribution in [3.8, 4) is 11.4 Å². The van der Waals surface area contributed by atoms with E-state index in [0.29, 0.717) is 0 Å². The van der Waals surface area contributed by atoms with Crippen molar-refractivity contribution in [2.75, 3.05) is 6.61 Å². The van der Waals surface area contributed by atoms with Crippen LogP contribution in [0.4, 0.5) is 0 Å². The Balaban J connectivity index is 1.37. The summed E-state index contributed by atoms with van der Waals surface area (Å²) >= 11 is 0. The van der Waals surface area contributed by atoms with E-state index in [1.54, 1.807) is 12.5 Å². The Labute approximate surface area is 223 Å². The number of rotatable bonds is 4. The second-order valence-electron chi connectivity index (χ2n) is 9.72. The molecular formula is C33H31N3O2. The molecule has 4 heterocycles. The van der Waals surface area contributed by atoms with E-state index in [1.807, 2.05) is 42.0 Å². The van der Waals surface area contributed by atoms with Crippen molar-refractivity contribution in [3.63, 3.8) is 0 Å². The minimum Gasteiger partial charge on any atom is -0.472 e. The molecule has 0 radical (unpaired) electrons. The summed E-state index contributed by atoms with van der Waals surface area (Å²) in [7, 11) is 0. The summed E-state index contributed by atoms with van der Waals surface area (Å²) in [6.45, 7) is 2.79. The first-order valence-electron chi connectivity index (χ1n) is 13.3. The third-order valence-electron chi connectivity index (χ3n) is 7.01. The van der Waals surface area contributed by atoms with E-state index in [4.69, 9.17) is 19.6 Å². The van der Waals surface area contributed by atoms with Gasteiger partial charge in [-0.05, 0) is 79.2 Å². The first-order valence-corrected chi connectivity index (χ1v) is 13.3. The Kier molecular flexibility index (Phi) is 7.01. The smallest absolute Gasteiger partial charge is 0.150 e. The molecule has 1 fully saturated rings. The van der Waals surface area contributed by atoms with Gasteiger partial charge in [0.1, 0.15) is 11.9 Å². The van der Waals surface area contributed by atoms with Crippen LogP contribution in [-0.4, -0.2) is 21.4 Å². The van der Waals surface area contributed by atoms with Gasteiger partial charge in [-0.15, -0.1) is 0 Å². The van der Waals surface area contributed by atoms with E-state index in [2.05, 4.69) is 60.9 Å². The van der Waals surface area contributed by atoms with Crippen molar-refractivity contribution in [3.05, 3.63) is 137 Å². The molecule has 4 aliphatic rings. The summed E-state index contributed by atoms with van der Waals surface area (Å²) in [4.78, 5) is 4.80. The fraction of sp³-hybridized carbons (Fsp3) is 0.212. The normalized spacial score (nSPS) is 21.8. The number of aromatic nitrogens is 3. The quantitative estimate of drug-likeness (QED) is 0.432. The summed E-state index contributed by atoms with van der Waals surface area (Å²) in [5, 5.41) is 5.01. The fourth-order valence-electron chi connectivity index (χ4n) is 5.03. The van der Waals surface area contributed by atoms with E-state index in [-0.39, 0.29) is 6.23 Å². The predicted molar refractivity (Wildman–Crippen MR) is 152 cm³/mol. The van der Waals surface area contributed by atoms with Crippen LogP contribution in [0.3, 0.4) is 0 Å². The summed E-state index contributed by atoms with van der Waals surface area (Å²) in [6.07, 6.45) is 33.2. The lowest BCUT2D eigenvalue weighted by Gasteiger charge is -2.22. The molecule has 2 aromatic heterocycles. The van der Waals surface area contributed by atoms with Crippen LogP contribution in [0.1, 0.15) is 43.2 Å². The van der Waals surface area contributed by atoms with Crippen molar-refractivity contribution >= 4 is 5.57 Å². The van der Waals surface area contributed by atoms with Gasteiger partial charge in [0.2, 0.25) is 0 Å². The summed E-state index contributed by atoms with van der Waals surface area (Å²) in [6, 6.07) is 6.09. The molecule has 2 aliphatic carbocycles. The zero-order chi connectivity index (χ0) is 25.7. The van der Waals surface area contributed by atoms with Gasteiger partial charge in [-0.1, -0.05) is 60.8 Å². The van der Waals surface area contributed by atoms with Crippen molar-refractivity contribution < 1.29 is 9.47 Å². The van der Waals surface area contributed by atoms with Gasteiger partial charge >= 0.3 is 0 Å². The van der Waals surface area contributed by atoms with Crippen LogP contribution in [0.15, 0.2) is 126 Å². The molecule has 0 aromatic carbocycles. The van der Waals surface area contributed by atoms with Gasteiger partial charge in [-0.2, -0.15) is 5.10 Å². The first kappa shape index (κ1) is 24.1. The van der Waals surface area contributed by atoms with Crippen LogP contribution >= 0.6 is 0 Å². The standard InChI is InChI=1S/C33H31N3O2/c1-24-9-6-15-31(34-24)33-30(22-36(35-33)32-16-3-5-20-38-32)26-12-8-13-27-21-28(14-7-11-25(27)17-18-26)29-10-2-4-19-37-23-29/h2,4,6,8-15,17-19,21-23,32H,3,5,7,16,20H2,1H3/b13-8+,18-17?,26-12?. The number of fused-ring (bicyclic) bond motifs is 1. The Hall–Kier alpha value is -4.22. The third-order valence-corrected chi connectivity index (χ3v) is 7.01. The highest BCUT2D eigenvalue weighted by Gasteiger charge is 2.22. The maximum Gasteiger partial charge on any atom is 0.150 e. The molecule has 190 valence electrons. The van der Waals surface area contributed by atoms with E-state index in [9.17, 15) is 0 Å². The maximum absolute atomic E-state index is 6.06. The SMILES string of the molecule is Cc1cccc(-c2nn(C3CCCCO3)cc2C2=C/C=C/C3=CC(C4=COC=CC=C4)=CCC=C3C=C2)n1. The monoisotopic (exact) mass is 501 g/mol. The average molecular weight is 502 g/mol. The third kappa shape index (κ3) is 5.24. The molecule has 0 saturated carbocycles. The zero-order valence-corrected chi connectivity index (χ0v) is 21.6. The number of hydrogen-bond donors (Lipinski definition) is 0. The fourth-order valence-corrected chi connectivity index (χ4v) is 5.03. The van der Waals surface area contributed by atoms with E-state index < -0.39 is 0 Å². The van der Waals surface area contributed by atoms with E-state index in [1.165, 1.54) is 11.1 Å². The minimum atomic E-state index is -0.0372. The molecule has 6 rings (SSSR count). The minimum absolute atomic E-state index is 0.0372. The molecule has 1 unspecified atom stereocenters. The highest BCUT2D eigenvalue weighted by atomic mass is 16.5. The van der Waals surface area contributed by atoms with Crippen LogP contribution in [0, 0.1) is 6.92 Å². The molecule has 0 spiro atoms. The molecule has 0 amide bonds. The van der Waals surface area contributed by atoms with Gasteiger partial charge in [-0.25, -0.2) is 4.68 Å². The van der Waals surface area contributed by atoms with Crippen molar-refractivity contribution in [1.29, 1.82) is 0 Å². The summed E-state index contributed by atoms with van der Waals surface area (Å²) in [5.74, 6) is 0. The molecule has 38 heavy (non-hydrogen) atoms. The Bertz CT molecular complexity index is 1500. The van der Waals surface area contributed by atoms with Gasteiger partial charge in [0, 0.05) is 29.6 Å². The van der Waals surface area contributed by atoms with Gasteiger partial charge in [0.25, 0.3) is 0 Å². The van der Waals surface area contributed by atoms with Crippen molar-refractivity contribution in [1.82, 2.24) is 14.8 Å². The largest absolute Gasteiger partial charge is 0.472 e. The first-order chi connectivity index (χ1) is 18.7. The number of allylic oxidation sites excluding steroid dienone is 16. The number of aryl methyl sites for hydroxylation is 1. The lowest BCUT2D eigenvalue weighted by molar-refractivity contribution is -0.0393. The molecular weight excluding hydrogens is 470 g/mol. The predicted octanol–water partition coefficient (Wildman–Crippen LogP) is 7.63. The number of hydrogen-bond acceptors (Lipinski definition) is 4. The van der Waals surface area contributed by atoms with Crippen molar-refractivity contribution in [2.24, 2.45) is 0 Å². The second-order valence-corrected chi connectivity index (χ2v) is 9.72. The Morgan fingerprint density at radius 1 is 0.895 bits per heavy atom. The summed E-state index contributed by atoms with van der Waals surface area (Å²) in [5.41, 5.74) is 9.43. The molecule has 2 aliphatic heterocycles. The molecule has 1 saturated heterocycles. The van der Waals surface area contributed by atoms with Crippen LogP contribution in [-0.2, 0) is 9.47 Å². The van der Waals surface area contributed by atoms with Gasteiger partial charge in [0.05, 0.1) is 18.2 Å². The van der Waals surface area contributed by atoms with Gasteiger partial charge in [0.15, 0.2) is 0 Å². The average Bonchev–Trinajstić information content (AvgIpc) is 3.06. The molecule has 0 N–H and O–H groups in total. The number of nitrogens with zero attached hydrogens (tertiary/aromatic N) is 3. The van der Waals surface area contributed by atoms with E-state index >= 15 is 0 Å². The zero-order valence-electron chi connectivity index (χ0n) is 21.6. The molecule has 5 nitrogen and oxygen atoms in total. The molecule has 0 bridgehead atoms. The van der Waals surface area contributed by atoms with E-state index in [0.717, 1.165) is 71.7 Å². The molecule has 2 aromatic rings. The highest BCUT2D eigenvalue weighted by Crippen LogP contribution is 2.34. The van der Waals surface area contributed by atoms with Crippen LogP contribution < -0.4 is 0 Å². The van der Waals surface area contributed by atoms with Crippen LogP contribution in [0.25, 0.3) is 17.0 Å². The van der Waals surface area contributed by atoms with Crippen molar-refractivity contribution in [2.45, 2.75) is 38.8 Å². The molecule has 5 heteroatoms. The topological polar surface area (TPSA) is 49.2 Å². The Morgan fingerprint density at radius 2 is 1.79 bits per heavy atom. The lowest BCUT2D eigenvalue weighted by Crippen LogP contribution is -2.18. The summed E-state index contributed by atoms with van der Waals surface area (Å²) < 4.78 is 13.5. The van der Waals surface area contributed by atoms with Crippen LogP contribution in [0.2, 0.25) is 0 Å². The highest BCUT2D eigenvalue weighted by molar-refractivity contribution is 5.84.